The van der Waals surface area contributed by atoms with Crippen molar-refractivity contribution in [1.29, 1.82) is 0 Å². The molecule has 1 saturated heterocycles. The monoisotopic (exact) mass is 488 g/mol. The number of rotatable bonds is 1. The highest BCUT2D eigenvalue weighted by atomic mass is 16.5. The standard InChI is InChI=1S/C27H32N6O3/c1-19-26(34)28-9-3-13-36-23-5-2-4-20(17-23)24-8-10-29-27(32-24)31-22-6-7-25(21(16-22)18-30-19)33-11-14-35-15-12-33/h2,4-8,10,16-17,19,30H,3,9,11-15,18H2,1H3,(H,28,34)(H,29,31,32)/t19-/m0/s1. The summed E-state index contributed by atoms with van der Waals surface area (Å²) in [7, 11) is 0. The minimum atomic E-state index is -0.334. The molecule has 0 spiro atoms. The topological polar surface area (TPSA) is 101 Å². The van der Waals surface area contributed by atoms with Crippen molar-refractivity contribution in [2.24, 2.45) is 0 Å². The third-order valence-corrected chi connectivity index (χ3v) is 6.35. The summed E-state index contributed by atoms with van der Waals surface area (Å²) in [6.07, 6.45) is 2.47. The number of anilines is 3. The number of ether oxygens (including phenoxy) is 2. The van der Waals surface area contributed by atoms with Gasteiger partial charge >= 0.3 is 0 Å². The van der Waals surface area contributed by atoms with Crippen LogP contribution in [0.1, 0.15) is 18.9 Å². The Labute approximate surface area is 211 Å². The minimum absolute atomic E-state index is 0.0263. The third-order valence-electron chi connectivity index (χ3n) is 6.35. The highest BCUT2D eigenvalue weighted by Crippen LogP contribution is 2.28. The van der Waals surface area contributed by atoms with Crippen LogP contribution in [0, 0.1) is 0 Å². The van der Waals surface area contributed by atoms with Crippen LogP contribution in [-0.2, 0) is 16.1 Å². The quantitative estimate of drug-likeness (QED) is 0.481. The summed E-state index contributed by atoms with van der Waals surface area (Å²) in [5, 5.41) is 9.74. The number of carbonyl (C=O) groups is 1. The van der Waals surface area contributed by atoms with Crippen molar-refractivity contribution >= 4 is 23.2 Å². The number of nitrogens with zero attached hydrogens (tertiary/aromatic N) is 3. The number of carbonyl (C=O) groups excluding carboxylic acids is 1. The second kappa shape index (κ2) is 11.4. The van der Waals surface area contributed by atoms with Gasteiger partial charge in [-0.25, -0.2) is 9.97 Å². The molecule has 188 valence electrons. The predicted molar refractivity (Wildman–Crippen MR) is 140 cm³/mol. The third kappa shape index (κ3) is 5.92. The molecule has 3 heterocycles. The number of hydrogen-bond acceptors (Lipinski definition) is 8. The van der Waals surface area contributed by atoms with E-state index in [1.165, 1.54) is 0 Å². The van der Waals surface area contributed by atoms with Crippen LogP contribution in [0.25, 0.3) is 11.3 Å². The van der Waals surface area contributed by atoms with Gasteiger partial charge in [0.15, 0.2) is 0 Å². The molecule has 3 N–H and O–H groups in total. The van der Waals surface area contributed by atoms with Crippen molar-refractivity contribution in [1.82, 2.24) is 20.6 Å². The van der Waals surface area contributed by atoms with E-state index in [0.29, 0.717) is 45.3 Å². The number of fused-ring (bicyclic) bond motifs is 7. The zero-order valence-corrected chi connectivity index (χ0v) is 20.5. The molecule has 6 bridgehead atoms. The molecule has 0 saturated carbocycles. The molecule has 9 nitrogen and oxygen atoms in total. The smallest absolute Gasteiger partial charge is 0.236 e. The maximum atomic E-state index is 12.6. The van der Waals surface area contributed by atoms with Crippen LogP contribution in [0.4, 0.5) is 17.3 Å². The van der Waals surface area contributed by atoms with Gasteiger partial charge in [0.1, 0.15) is 5.75 Å². The van der Waals surface area contributed by atoms with E-state index in [2.05, 4.69) is 38.0 Å². The first-order valence-electron chi connectivity index (χ1n) is 12.5. The minimum Gasteiger partial charge on any atom is -0.494 e. The summed E-state index contributed by atoms with van der Waals surface area (Å²) >= 11 is 0. The zero-order valence-electron chi connectivity index (χ0n) is 20.5. The Morgan fingerprint density at radius 1 is 1.06 bits per heavy atom. The summed E-state index contributed by atoms with van der Waals surface area (Å²) in [6, 6.07) is 15.7. The fraction of sp³-hybridized carbons (Fsp3) is 0.370. The molecule has 5 rings (SSSR count). The van der Waals surface area contributed by atoms with Gasteiger partial charge in [-0.1, -0.05) is 12.1 Å². The molecule has 1 amide bonds. The fourth-order valence-electron chi connectivity index (χ4n) is 4.35. The van der Waals surface area contributed by atoms with Gasteiger partial charge in [0.2, 0.25) is 11.9 Å². The number of aromatic nitrogens is 2. The first kappa shape index (κ1) is 24.0. The van der Waals surface area contributed by atoms with Gasteiger partial charge in [-0.05, 0) is 55.3 Å². The van der Waals surface area contributed by atoms with Crippen LogP contribution in [0.2, 0.25) is 0 Å². The van der Waals surface area contributed by atoms with Gasteiger partial charge in [-0.15, -0.1) is 0 Å². The highest BCUT2D eigenvalue weighted by molar-refractivity contribution is 5.81. The lowest BCUT2D eigenvalue weighted by Crippen LogP contribution is -2.42. The van der Waals surface area contributed by atoms with Gasteiger partial charge in [0.05, 0.1) is 31.6 Å². The molecule has 3 aromatic rings. The molecule has 9 heteroatoms. The molecule has 1 aromatic heterocycles. The Balaban J connectivity index is 1.47. The van der Waals surface area contributed by atoms with Gasteiger partial charge in [0.25, 0.3) is 0 Å². The Morgan fingerprint density at radius 3 is 2.83 bits per heavy atom. The number of benzene rings is 2. The van der Waals surface area contributed by atoms with Crippen LogP contribution in [0.3, 0.4) is 0 Å². The normalized spacial score (nSPS) is 19.1. The Kier molecular flexibility index (Phi) is 7.58. The second-order valence-corrected chi connectivity index (χ2v) is 8.96. The van der Waals surface area contributed by atoms with Crippen molar-refractivity contribution in [2.45, 2.75) is 25.9 Å². The van der Waals surface area contributed by atoms with E-state index in [1.807, 2.05) is 43.3 Å². The molecular weight excluding hydrogens is 456 g/mol. The van der Waals surface area contributed by atoms with E-state index >= 15 is 0 Å². The molecule has 2 aliphatic heterocycles. The molecule has 2 aliphatic rings. The van der Waals surface area contributed by atoms with E-state index in [9.17, 15) is 4.79 Å². The van der Waals surface area contributed by atoms with Crippen LogP contribution < -0.4 is 25.6 Å². The Bertz CT molecular complexity index is 1200. The van der Waals surface area contributed by atoms with E-state index in [1.54, 1.807) is 6.20 Å². The van der Waals surface area contributed by atoms with Crippen molar-refractivity contribution in [3.05, 3.63) is 60.3 Å². The SMILES string of the molecule is C[C@@H]1NCc2cc(ccc2N2CCOCC2)Nc2nccc(n2)-c2cccc(c2)OCCCNC1=O. The maximum Gasteiger partial charge on any atom is 0.236 e. The maximum absolute atomic E-state index is 12.6. The molecule has 36 heavy (non-hydrogen) atoms. The predicted octanol–water partition coefficient (Wildman–Crippen LogP) is 3.10. The molecule has 0 unspecified atom stereocenters. The van der Waals surface area contributed by atoms with Crippen LogP contribution >= 0.6 is 0 Å². The zero-order chi connectivity index (χ0) is 24.7. The lowest BCUT2D eigenvalue weighted by atomic mass is 10.1. The van der Waals surface area contributed by atoms with Crippen molar-refractivity contribution in [3.8, 4) is 17.0 Å². The number of morpholine rings is 1. The first-order valence-corrected chi connectivity index (χ1v) is 12.5. The van der Waals surface area contributed by atoms with Gasteiger partial charge < -0.3 is 30.3 Å². The lowest BCUT2D eigenvalue weighted by Gasteiger charge is -2.31. The number of nitrogens with one attached hydrogen (secondary N) is 3. The molecular formula is C27H32N6O3. The van der Waals surface area contributed by atoms with E-state index < -0.39 is 0 Å². The largest absolute Gasteiger partial charge is 0.494 e. The molecule has 1 atom stereocenters. The van der Waals surface area contributed by atoms with Crippen molar-refractivity contribution in [3.63, 3.8) is 0 Å². The number of hydrogen-bond donors (Lipinski definition) is 3. The van der Waals surface area contributed by atoms with Gasteiger partial charge in [-0.3, -0.25) is 4.79 Å². The fourth-order valence-corrected chi connectivity index (χ4v) is 4.35. The van der Waals surface area contributed by atoms with Crippen LogP contribution in [0.15, 0.2) is 54.7 Å². The molecule has 0 radical (unpaired) electrons. The summed E-state index contributed by atoms with van der Waals surface area (Å²) < 4.78 is 11.5. The van der Waals surface area contributed by atoms with Crippen molar-refractivity contribution in [2.75, 3.05) is 49.7 Å². The van der Waals surface area contributed by atoms with Gasteiger partial charge in [-0.2, -0.15) is 0 Å². The summed E-state index contributed by atoms with van der Waals surface area (Å²) in [4.78, 5) is 24.1. The van der Waals surface area contributed by atoms with Crippen LogP contribution in [-0.4, -0.2) is 61.4 Å². The summed E-state index contributed by atoms with van der Waals surface area (Å²) in [5.74, 6) is 1.26. The first-order chi connectivity index (χ1) is 17.7. The van der Waals surface area contributed by atoms with Crippen LogP contribution in [0.5, 0.6) is 5.75 Å². The molecule has 0 aliphatic carbocycles. The Morgan fingerprint density at radius 2 is 1.94 bits per heavy atom. The van der Waals surface area contributed by atoms with Crippen molar-refractivity contribution < 1.29 is 14.3 Å². The molecule has 2 aromatic carbocycles. The summed E-state index contributed by atoms with van der Waals surface area (Å²) in [5.41, 5.74) is 4.87. The Hall–Kier alpha value is -3.69. The van der Waals surface area contributed by atoms with E-state index in [-0.39, 0.29) is 11.9 Å². The highest BCUT2D eigenvalue weighted by Gasteiger charge is 2.18. The van der Waals surface area contributed by atoms with E-state index in [0.717, 1.165) is 47.0 Å². The summed E-state index contributed by atoms with van der Waals surface area (Å²) in [6.45, 7) is 6.58. The molecule has 1 fully saturated rings. The lowest BCUT2D eigenvalue weighted by molar-refractivity contribution is -0.122. The van der Waals surface area contributed by atoms with E-state index in [4.69, 9.17) is 14.5 Å². The average molecular weight is 489 g/mol. The second-order valence-electron chi connectivity index (χ2n) is 8.96. The van der Waals surface area contributed by atoms with Gasteiger partial charge in [0, 0.05) is 49.3 Å². The number of amides is 1. The average Bonchev–Trinajstić information content (AvgIpc) is 2.92.